The van der Waals surface area contributed by atoms with Gasteiger partial charge in [0.05, 0.1) is 19.2 Å². The third kappa shape index (κ3) is 2.74. The van der Waals surface area contributed by atoms with Crippen molar-refractivity contribution in [3.05, 3.63) is 23.4 Å². The van der Waals surface area contributed by atoms with Gasteiger partial charge in [0.25, 0.3) is 0 Å². The van der Waals surface area contributed by atoms with Crippen LogP contribution < -0.4 is 0 Å². The summed E-state index contributed by atoms with van der Waals surface area (Å²) >= 11 is 0. The molecule has 1 saturated heterocycles. The number of halogens is 1. The zero-order valence-corrected chi connectivity index (χ0v) is 10.8. The lowest BCUT2D eigenvalue weighted by atomic mass is 9.93. The fourth-order valence-electron chi connectivity index (χ4n) is 2.61. The summed E-state index contributed by atoms with van der Waals surface area (Å²) in [5.74, 6) is -0.741. The van der Waals surface area contributed by atoms with E-state index in [9.17, 15) is 9.18 Å². The Morgan fingerprint density at radius 3 is 3.17 bits per heavy atom. The lowest BCUT2D eigenvalue weighted by molar-refractivity contribution is -0.146. The molecule has 2 aliphatic rings. The summed E-state index contributed by atoms with van der Waals surface area (Å²) in [6.07, 6.45) is 6.52. The average Bonchev–Trinajstić information content (AvgIpc) is 2.83. The summed E-state index contributed by atoms with van der Waals surface area (Å²) in [6.45, 7) is 3.55. The van der Waals surface area contributed by atoms with Crippen LogP contribution in [0.5, 0.6) is 0 Å². The Balaban J connectivity index is 2.11. The van der Waals surface area contributed by atoms with Crippen LogP contribution in [0.1, 0.15) is 26.2 Å². The Kier molecular flexibility index (Phi) is 4.39. The predicted molar refractivity (Wildman–Crippen MR) is 67.7 cm³/mol. The molecular formula is C14H20FNO2. The summed E-state index contributed by atoms with van der Waals surface area (Å²) in [6, 6.07) is 0. The number of hydrogen-bond donors (Lipinski definition) is 0. The second-order valence-electron chi connectivity index (χ2n) is 4.67. The molecule has 1 atom stereocenters. The van der Waals surface area contributed by atoms with Crippen molar-refractivity contribution in [3.63, 3.8) is 0 Å². The van der Waals surface area contributed by atoms with Crippen molar-refractivity contribution in [1.82, 2.24) is 4.90 Å². The molecule has 2 rings (SSSR count). The number of fused-ring (bicyclic) bond motifs is 1. The lowest BCUT2D eigenvalue weighted by Gasteiger charge is -2.26. The number of esters is 1. The van der Waals surface area contributed by atoms with Crippen molar-refractivity contribution >= 4 is 5.97 Å². The monoisotopic (exact) mass is 253 g/mol. The molecule has 3 nitrogen and oxygen atoms in total. The van der Waals surface area contributed by atoms with Crippen molar-refractivity contribution in [2.75, 3.05) is 26.4 Å². The minimum Gasteiger partial charge on any atom is -0.466 e. The maximum absolute atomic E-state index is 12.6. The SMILES string of the molecule is CCOC(=O)C(CCF)C1=CCN2CCCC2=C1. The number of ether oxygens (including phenoxy) is 1. The fraction of sp³-hybridized carbons (Fsp3) is 0.643. The van der Waals surface area contributed by atoms with Crippen LogP contribution in [0.3, 0.4) is 0 Å². The second kappa shape index (κ2) is 6.03. The zero-order valence-electron chi connectivity index (χ0n) is 10.8. The molecule has 0 aromatic heterocycles. The van der Waals surface area contributed by atoms with Crippen LogP contribution in [0, 0.1) is 5.92 Å². The molecule has 0 aromatic rings. The van der Waals surface area contributed by atoms with Crippen LogP contribution in [0.15, 0.2) is 23.4 Å². The Labute approximate surface area is 107 Å². The molecule has 2 heterocycles. The standard InChI is InChI=1S/C14H20FNO2/c1-2-18-14(17)13(5-7-15)11-6-9-16-8-3-4-12(16)10-11/h6,10,13H,2-5,7-9H2,1H3. The average molecular weight is 253 g/mol. The molecular weight excluding hydrogens is 233 g/mol. The molecule has 0 N–H and O–H groups in total. The number of alkyl halides is 1. The Bertz CT molecular complexity index is 376. The van der Waals surface area contributed by atoms with E-state index in [1.165, 1.54) is 12.1 Å². The summed E-state index contributed by atoms with van der Waals surface area (Å²) < 4.78 is 17.6. The fourth-order valence-corrected chi connectivity index (χ4v) is 2.61. The normalized spacial score (nSPS) is 20.0. The van der Waals surface area contributed by atoms with Gasteiger partial charge >= 0.3 is 5.97 Å². The van der Waals surface area contributed by atoms with Gasteiger partial charge in [0.1, 0.15) is 0 Å². The Morgan fingerprint density at radius 2 is 2.44 bits per heavy atom. The van der Waals surface area contributed by atoms with Crippen molar-refractivity contribution in [2.24, 2.45) is 5.92 Å². The number of nitrogens with zero attached hydrogens (tertiary/aromatic N) is 1. The molecule has 18 heavy (non-hydrogen) atoms. The first-order chi connectivity index (χ1) is 8.76. The first kappa shape index (κ1) is 13.1. The van der Waals surface area contributed by atoms with Gasteiger partial charge < -0.3 is 9.64 Å². The van der Waals surface area contributed by atoms with E-state index in [0.29, 0.717) is 6.61 Å². The molecule has 1 unspecified atom stereocenters. The number of carbonyl (C=O) groups is 1. The Hall–Kier alpha value is -1.32. The van der Waals surface area contributed by atoms with Crippen LogP contribution in [-0.4, -0.2) is 37.2 Å². The van der Waals surface area contributed by atoms with E-state index in [-0.39, 0.29) is 12.4 Å². The molecule has 100 valence electrons. The van der Waals surface area contributed by atoms with Crippen LogP contribution in [0.25, 0.3) is 0 Å². The van der Waals surface area contributed by atoms with E-state index < -0.39 is 12.6 Å². The molecule has 0 aromatic carbocycles. The van der Waals surface area contributed by atoms with Crippen molar-refractivity contribution in [3.8, 4) is 0 Å². The number of hydrogen-bond acceptors (Lipinski definition) is 3. The highest BCUT2D eigenvalue weighted by molar-refractivity contribution is 5.77. The first-order valence-electron chi connectivity index (χ1n) is 6.64. The van der Waals surface area contributed by atoms with Gasteiger partial charge in [-0.15, -0.1) is 0 Å². The first-order valence-corrected chi connectivity index (χ1v) is 6.64. The summed E-state index contributed by atoms with van der Waals surface area (Å²) in [7, 11) is 0. The third-order valence-electron chi connectivity index (χ3n) is 3.52. The third-order valence-corrected chi connectivity index (χ3v) is 3.52. The highest BCUT2D eigenvalue weighted by Gasteiger charge is 2.27. The van der Waals surface area contributed by atoms with E-state index in [2.05, 4.69) is 4.90 Å². The maximum atomic E-state index is 12.6. The van der Waals surface area contributed by atoms with Crippen LogP contribution >= 0.6 is 0 Å². The van der Waals surface area contributed by atoms with Crippen LogP contribution in [-0.2, 0) is 9.53 Å². The van der Waals surface area contributed by atoms with Gasteiger partial charge in [-0.05, 0) is 37.8 Å². The quantitative estimate of drug-likeness (QED) is 0.705. The lowest BCUT2D eigenvalue weighted by Crippen LogP contribution is -2.26. The predicted octanol–water partition coefficient (Wildman–Crippen LogP) is 2.45. The summed E-state index contributed by atoms with van der Waals surface area (Å²) in [4.78, 5) is 14.2. The smallest absolute Gasteiger partial charge is 0.313 e. The van der Waals surface area contributed by atoms with E-state index >= 15 is 0 Å². The topological polar surface area (TPSA) is 29.5 Å². The van der Waals surface area contributed by atoms with Crippen molar-refractivity contribution < 1.29 is 13.9 Å². The number of allylic oxidation sites excluding steroid dienone is 2. The van der Waals surface area contributed by atoms with Crippen molar-refractivity contribution in [1.29, 1.82) is 0 Å². The van der Waals surface area contributed by atoms with Crippen LogP contribution in [0.2, 0.25) is 0 Å². The molecule has 4 heteroatoms. The molecule has 0 amide bonds. The van der Waals surface area contributed by atoms with Gasteiger partial charge in [-0.1, -0.05) is 6.08 Å². The molecule has 1 fully saturated rings. The highest BCUT2D eigenvalue weighted by Crippen LogP contribution is 2.30. The number of rotatable bonds is 5. The maximum Gasteiger partial charge on any atom is 0.313 e. The van der Waals surface area contributed by atoms with Gasteiger partial charge in [0, 0.05) is 18.8 Å². The van der Waals surface area contributed by atoms with Gasteiger partial charge in [-0.3, -0.25) is 9.18 Å². The largest absolute Gasteiger partial charge is 0.466 e. The zero-order chi connectivity index (χ0) is 13.0. The molecule has 0 spiro atoms. The summed E-state index contributed by atoms with van der Waals surface area (Å²) in [5.41, 5.74) is 2.21. The molecule has 0 bridgehead atoms. The second-order valence-corrected chi connectivity index (χ2v) is 4.67. The van der Waals surface area contributed by atoms with Gasteiger partial charge in [0.15, 0.2) is 0 Å². The minimum absolute atomic E-state index is 0.217. The minimum atomic E-state index is -0.492. The van der Waals surface area contributed by atoms with E-state index in [4.69, 9.17) is 4.74 Å². The van der Waals surface area contributed by atoms with Gasteiger partial charge in [-0.25, -0.2) is 0 Å². The molecule has 0 saturated carbocycles. The van der Waals surface area contributed by atoms with E-state index in [0.717, 1.165) is 25.1 Å². The van der Waals surface area contributed by atoms with Gasteiger partial charge in [-0.2, -0.15) is 0 Å². The summed E-state index contributed by atoms with van der Waals surface area (Å²) in [5, 5.41) is 0. The Morgan fingerprint density at radius 1 is 1.61 bits per heavy atom. The molecule has 0 radical (unpaired) electrons. The van der Waals surface area contributed by atoms with Crippen LogP contribution in [0.4, 0.5) is 4.39 Å². The van der Waals surface area contributed by atoms with E-state index in [1.54, 1.807) is 6.92 Å². The van der Waals surface area contributed by atoms with E-state index in [1.807, 2.05) is 12.2 Å². The highest BCUT2D eigenvalue weighted by atomic mass is 19.1. The van der Waals surface area contributed by atoms with Gasteiger partial charge in [0.2, 0.25) is 0 Å². The molecule has 2 aliphatic heterocycles. The molecule has 0 aliphatic carbocycles. The number of carbonyl (C=O) groups excluding carboxylic acids is 1. The van der Waals surface area contributed by atoms with Crippen molar-refractivity contribution in [2.45, 2.75) is 26.2 Å².